The van der Waals surface area contributed by atoms with Crippen LogP contribution in [0.15, 0.2) is 36.5 Å². The predicted octanol–water partition coefficient (Wildman–Crippen LogP) is 3.26. The van der Waals surface area contributed by atoms with Crippen LogP contribution in [0, 0.1) is 0 Å². The summed E-state index contributed by atoms with van der Waals surface area (Å²) in [6, 6.07) is 9.34. The lowest BCUT2D eigenvalue weighted by Crippen LogP contribution is -2.41. The number of hydrogen-bond donors (Lipinski definition) is 2. The third-order valence-corrected chi connectivity index (χ3v) is 5.41. The number of rotatable bonds is 6. The van der Waals surface area contributed by atoms with Crippen LogP contribution in [0.3, 0.4) is 0 Å². The van der Waals surface area contributed by atoms with Crippen LogP contribution in [-0.2, 0) is 24.9 Å². The normalized spacial score (nSPS) is 15.0. The highest BCUT2D eigenvalue weighted by molar-refractivity contribution is 5.94. The Morgan fingerprint density at radius 1 is 1.23 bits per heavy atom. The van der Waals surface area contributed by atoms with Gasteiger partial charge in [-0.1, -0.05) is 39.0 Å². The maximum atomic E-state index is 13.2. The first-order valence-corrected chi connectivity index (χ1v) is 10.2. The number of nitrogens with zero attached hydrogens (tertiary/aromatic N) is 2. The lowest BCUT2D eigenvalue weighted by Gasteiger charge is -2.30. The van der Waals surface area contributed by atoms with Crippen molar-refractivity contribution in [2.45, 2.75) is 51.6 Å². The molecule has 1 aromatic heterocycles. The molecule has 0 saturated heterocycles. The molecule has 0 unspecified atom stereocenters. The van der Waals surface area contributed by atoms with Gasteiger partial charge in [-0.25, -0.2) is 8.78 Å². The van der Waals surface area contributed by atoms with E-state index in [1.807, 2.05) is 18.3 Å². The summed E-state index contributed by atoms with van der Waals surface area (Å²) in [6.45, 7) is 7.52. The van der Waals surface area contributed by atoms with Crippen LogP contribution in [0.2, 0.25) is 0 Å². The van der Waals surface area contributed by atoms with E-state index in [-0.39, 0.29) is 5.41 Å². The van der Waals surface area contributed by atoms with Crippen molar-refractivity contribution < 1.29 is 13.6 Å². The van der Waals surface area contributed by atoms with Crippen LogP contribution in [-0.4, -0.2) is 41.3 Å². The summed E-state index contributed by atoms with van der Waals surface area (Å²) in [5, 5.41) is 2.23. The van der Waals surface area contributed by atoms with Gasteiger partial charge >= 0.3 is 0 Å². The van der Waals surface area contributed by atoms with Gasteiger partial charge in [-0.2, -0.15) is 0 Å². The maximum Gasteiger partial charge on any atom is 0.277 e. The number of aromatic nitrogens is 1. The number of nitrogens with one attached hydrogen (secondary N) is 1. The summed E-state index contributed by atoms with van der Waals surface area (Å²) in [6.07, 6.45) is 2.90. The molecule has 0 atom stereocenters. The molecule has 1 amide bonds. The first kappa shape index (κ1) is 22.3. The van der Waals surface area contributed by atoms with E-state index in [0.717, 1.165) is 31.6 Å². The van der Waals surface area contributed by atoms with Crippen LogP contribution in [0.25, 0.3) is 0 Å². The van der Waals surface area contributed by atoms with Crippen LogP contribution in [0.4, 0.5) is 8.78 Å². The number of fused-ring (bicyclic) bond motifs is 1. The van der Waals surface area contributed by atoms with Gasteiger partial charge in [0.25, 0.3) is 11.8 Å². The summed E-state index contributed by atoms with van der Waals surface area (Å²) in [7, 11) is 0. The average molecular weight is 417 g/mol. The molecule has 0 aliphatic carbocycles. The van der Waals surface area contributed by atoms with E-state index in [9.17, 15) is 13.6 Å². The number of pyridine rings is 1. The molecule has 2 aromatic rings. The number of benzene rings is 1. The van der Waals surface area contributed by atoms with Crippen molar-refractivity contribution in [3.63, 3.8) is 0 Å². The van der Waals surface area contributed by atoms with Gasteiger partial charge in [0.1, 0.15) is 0 Å². The highest BCUT2D eigenvalue weighted by Gasteiger charge is 2.27. The first-order chi connectivity index (χ1) is 14.1. The van der Waals surface area contributed by atoms with Gasteiger partial charge in [0.05, 0.1) is 13.1 Å². The van der Waals surface area contributed by atoms with Crippen LogP contribution in [0.5, 0.6) is 0 Å². The third-order valence-electron chi connectivity index (χ3n) is 5.41. The zero-order valence-electron chi connectivity index (χ0n) is 17.8. The second-order valence-electron chi connectivity index (χ2n) is 8.98. The molecule has 3 N–H and O–H groups in total. The summed E-state index contributed by atoms with van der Waals surface area (Å²) >= 11 is 0. The van der Waals surface area contributed by atoms with E-state index in [1.165, 1.54) is 16.8 Å². The molecule has 0 fully saturated rings. The molecular weight excluding hydrogens is 386 g/mol. The Bertz CT molecular complexity index is 891. The second kappa shape index (κ2) is 8.78. The average Bonchev–Trinajstić information content (AvgIpc) is 2.71. The quantitative estimate of drug-likeness (QED) is 0.758. The van der Waals surface area contributed by atoms with Crippen molar-refractivity contribution in [3.8, 4) is 0 Å². The second-order valence-corrected chi connectivity index (χ2v) is 8.98. The van der Waals surface area contributed by atoms with E-state index in [1.54, 1.807) is 12.1 Å². The fourth-order valence-electron chi connectivity index (χ4n) is 3.43. The Kier molecular flexibility index (Phi) is 6.53. The van der Waals surface area contributed by atoms with Crippen molar-refractivity contribution in [2.24, 2.45) is 5.73 Å². The number of nitrogens with two attached hydrogens (primary N) is 1. The predicted molar refractivity (Wildman–Crippen MR) is 114 cm³/mol. The summed E-state index contributed by atoms with van der Waals surface area (Å²) < 4.78 is 26.4. The highest BCUT2D eigenvalue weighted by atomic mass is 19.3. The fourth-order valence-corrected chi connectivity index (χ4v) is 3.43. The molecule has 7 heteroatoms. The number of carbonyl (C=O) groups excluding carboxylic acids is 1. The molecule has 1 aliphatic rings. The summed E-state index contributed by atoms with van der Waals surface area (Å²) in [4.78, 5) is 19.1. The summed E-state index contributed by atoms with van der Waals surface area (Å²) in [5.74, 6) is -3.62. The smallest absolute Gasteiger partial charge is 0.277 e. The minimum Gasteiger partial charge on any atom is -0.346 e. The van der Waals surface area contributed by atoms with Crippen LogP contribution < -0.4 is 11.1 Å². The molecule has 0 spiro atoms. The number of hydrogen-bond acceptors (Lipinski definition) is 4. The maximum absolute atomic E-state index is 13.2. The Labute approximate surface area is 176 Å². The molecule has 2 heterocycles. The van der Waals surface area contributed by atoms with Crippen LogP contribution >= 0.6 is 0 Å². The molecule has 0 bridgehead atoms. The van der Waals surface area contributed by atoms with E-state index in [2.05, 4.69) is 42.0 Å². The number of amides is 1. The lowest BCUT2D eigenvalue weighted by molar-refractivity contribution is 0.0118. The molecule has 0 saturated carbocycles. The molecular formula is C23H30F2N4O. The largest absolute Gasteiger partial charge is 0.346 e. The topological polar surface area (TPSA) is 71.2 Å². The van der Waals surface area contributed by atoms with Gasteiger partial charge in [-0.3, -0.25) is 14.7 Å². The summed E-state index contributed by atoms with van der Waals surface area (Å²) in [5.41, 5.74) is 10.2. The van der Waals surface area contributed by atoms with Gasteiger partial charge in [0, 0.05) is 43.5 Å². The molecule has 5 nitrogen and oxygen atoms in total. The third kappa shape index (κ3) is 5.61. The first-order valence-electron chi connectivity index (χ1n) is 10.2. The SMILES string of the molecule is CC(C)(C)c1cnc2c(c1)CN(Cc1ccc(C(=O)NCC(F)(F)CN)cc1)CC2. The van der Waals surface area contributed by atoms with E-state index < -0.39 is 24.9 Å². The Morgan fingerprint density at radius 3 is 2.57 bits per heavy atom. The molecule has 1 aliphatic heterocycles. The molecule has 30 heavy (non-hydrogen) atoms. The van der Waals surface area contributed by atoms with Crippen LogP contribution in [0.1, 0.15) is 53.5 Å². The van der Waals surface area contributed by atoms with Gasteiger partial charge in [0.2, 0.25) is 0 Å². The Hall–Kier alpha value is -2.38. The Balaban J connectivity index is 1.61. The van der Waals surface area contributed by atoms with Crippen molar-refractivity contribution in [3.05, 3.63) is 64.5 Å². The lowest BCUT2D eigenvalue weighted by atomic mass is 9.86. The fraction of sp³-hybridized carbons (Fsp3) is 0.478. The molecule has 3 rings (SSSR count). The number of alkyl halides is 2. The van der Waals surface area contributed by atoms with Gasteiger partial charge in [-0.05, 0) is 34.2 Å². The molecule has 162 valence electrons. The zero-order valence-corrected chi connectivity index (χ0v) is 17.8. The van der Waals surface area contributed by atoms with Gasteiger partial charge in [0.15, 0.2) is 0 Å². The van der Waals surface area contributed by atoms with Crippen molar-refractivity contribution >= 4 is 5.91 Å². The molecule has 1 aromatic carbocycles. The minimum absolute atomic E-state index is 0.0643. The standard InChI is InChI=1S/C23H30F2N4O/c1-22(2,3)19-10-18-13-29(9-8-20(18)27-11-19)12-16-4-6-17(7-5-16)21(30)28-15-23(24,25)14-26/h4-7,10-11H,8-9,12-15,26H2,1-3H3,(H,28,30). The number of halogens is 2. The van der Waals surface area contributed by atoms with E-state index in [0.29, 0.717) is 5.56 Å². The number of carbonyl (C=O) groups is 1. The minimum atomic E-state index is -3.10. The zero-order chi connectivity index (χ0) is 21.9. The van der Waals surface area contributed by atoms with E-state index >= 15 is 0 Å². The van der Waals surface area contributed by atoms with Gasteiger partial charge < -0.3 is 11.1 Å². The van der Waals surface area contributed by atoms with Crippen molar-refractivity contribution in [2.75, 3.05) is 19.6 Å². The highest BCUT2D eigenvalue weighted by Crippen LogP contribution is 2.26. The van der Waals surface area contributed by atoms with E-state index in [4.69, 9.17) is 5.73 Å². The Morgan fingerprint density at radius 2 is 1.93 bits per heavy atom. The molecule has 0 radical (unpaired) electrons. The van der Waals surface area contributed by atoms with Crippen molar-refractivity contribution in [1.29, 1.82) is 0 Å². The monoisotopic (exact) mass is 416 g/mol. The van der Waals surface area contributed by atoms with Gasteiger partial charge in [-0.15, -0.1) is 0 Å². The van der Waals surface area contributed by atoms with Crippen molar-refractivity contribution in [1.82, 2.24) is 15.2 Å².